The molecule has 0 bridgehead atoms. The first kappa shape index (κ1) is 6.43. The van der Waals surface area contributed by atoms with Gasteiger partial charge < -0.3 is 11.5 Å². The van der Waals surface area contributed by atoms with Crippen LogP contribution in [0.4, 0.5) is 0 Å². The molecule has 3 nitrogen and oxygen atoms in total. The lowest BCUT2D eigenvalue weighted by atomic mass is 10.2. The average Bonchev–Trinajstić information content (AvgIpc) is 1.27. The van der Waals surface area contributed by atoms with Crippen LogP contribution in [0.3, 0.4) is 0 Å². The third-order valence-electron chi connectivity index (χ3n) is 0.523. The largest absolute Gasteiger partial charge is 0.370 e. The minimum atomic E-state index is -0.338. The molecule has 0 fully saturated rings. The minimum Gasteiger partial charge on any atom is -0.370 e. The molecule has 3 heteroatoms. The lowest BCUT2D eigenvalue weighted by Gasteiger charge is -1.96. The first-order valence-electron chi connectivity index (χ1n) is 2.17. The maximum atomic E-state index is 9.95. The second kappa shape index (κ2) is 2.58. The number of hydrogen-bond donors (Lipinski definition) is 2. The summed E-state index contributed by atoms with van der Waals surface area (Å²) in [6.45, 7) is 1.74. The SMILES string of the molecule is CC(N)CC(N)=O. The van der Waals surface area contributed by atoms with Gasteiger partial charge in [-0.05, 0) is 6.92 Å². The van der Waals surface area contributed by atoms with Crippen molar-refractivity contribution in [2.75, 3.05) is 0 Å². The summed E-state index contributed by atoms with van der Waals surface area (Å²) >= 11 is 0. The van der Waals surface area contributed by atoms with E-state index in [1.807, 2.05) is 0 Å². The zero-order valence-electron chi connectivity index (χ0n) is 4.35. The van der Waals surface area contributed by atoms with Crippen LogP contribution in [0.15, 0.2) is 0 Å². The van der Waals surface area contributed by atoms with E-state index < -0.39 is 0 Å². The van der Waals surface area contributed by atoms with Gasteiger partial charge in [0.15, 0.2) is 0 Å². The molecular formula is C4H10N2O. The molecule has 0 aliphatic carbocycles. The highest BCUT2D eigenvalue weighted by Gasteiger charge is 1.96. The monoisotopic (exact) mass is 102 g/mol. The Labute approximate surface area is 42.7 Å². The summed E-state index contributed by atoms with van der Waals surface area (Å²) in [7, 11) is 0. The van der Waals surface area contributed by atoms with Gasteiger partial charge in [0.05, 0.1) is 0 Å². The van der Waals surface area contributed by atoms with Gasteiger partial charge in [0, 0.05) is 12.5 Å². The molecule has 7 heavy (non-hydrogen) atoms. The molecule has 0 rings (SSSR count). The van der Waals surface area contributed by atoms with Gasteiger partial charge in [-0.2, -0.15) is 0 Å². The zero-order chi connectivity index (χ0) is 5.86. The smallest absolute Gasteiger partial charge is 0.218 e. The van der Waals surface area contributed by atoms with Crippen LogP contribution < -0.4 is 11.5 Å². The maximum Gasteiger partial charge on any atom is 0.218 e. The van der Waals surface area contributed by atoms with Crippen molar-refractivity contribution in [3.8, 4) is 0 Å². The molecule has 1 atom stereocenters. The van der Waals surface area contributed by atoms with Crippen LogP contribution in [0.2, 0.25) is 0 Å². The Kier molecular flexibility index (Phi) is 2.37. The van der Waals surface area contributed by atoms with Crippen molar-refractivity contribution >= 4 is 5.91 Å². The molecule has 1 amide bonds. The van der Waals surface area contributed by atoms with Gasteiger partial charge in [0.25, 0.3) is 0 Å². The number of primary amides is 1. The molecule has 0 spiro atoms. The van der Waals surface area contributed by atoms with E-state index in [0.717, 1.165) is 0 Å². The lowest BCUT2D eigenvalue weighted by Crippen LogP contribution is -2.24. The van der Waals surface area contributed by atoms with E-state index in [2.05, 4.69) is 0 Å². The fraction of sp³-hybridized carbons (Fsp3) is 0.750. The van der Waals surface area contributed by atoms with Crippen molar-refractivity contribution in [2.24, 2.45) is 11.5 Å². The van der Waals surface area contributed by atoms with E-state index >= 15 is 0 Å². The molecule has 0 aromatic rings. The number of carbonyl (C=O) groups excluding carboxylic acids is 1. The zero-order valence-corrected chi connectivity index (χ0v) is 4.35. The van der Waals surface area contributed by atoms with Crippen LogP contribution in [0.5, 0.6) is 0 Å². The molecule has 0 radical (unpaired) electrons. The van der Waals surface area contributed by atoms with Gasteiger partial charge in [-0.15, -0.1) is 0 Å². The second-order valence-corrected chi connectivity index (χ2v) is 1.65. The highest BCUT2D eigenvalue weighted by molar-refractivity contribution is 5.74. The van der Waals surface area contributed by atoms with Crippen molar-refractivity contribution in [1.29, 1.82) is 0 Å². The number of rotatable bonds is 2. The maximum absolute atomic E-state index is 9.95. The fourth-order valence-electron chi connectivity index (χ4n) is 0.317. The van der Waals surface area contributed by atoms with E-state index in [9.17, 15) is 4.79 Å². The van der Waals surface area contributed by atoms with Crippen LogP contribution in [0, 0.1) is 0 Å². The Bertz CT molecular complexity index is 70.1. The van der Waals surface area contributed by atoms with Crippen molar-refractivity contribution < 1.29 is 4.79 Å². The number of carbonyl (C=O) groups is 1. The van der Waals surface area contributed by atoms with Crippen LogP contribution in [0.1, 0.15) is 13.3 Å². The third kappa shape index (κ3) is 5.43. The second-order valence-electron chi connectivity index (χ2n) is 1.65. The van der Waals surface area contributed by atoms with Crippen molar-refractivity contribution in [1.82, 2.24) is 0 Å². The predicted octanol–water partition coefficient (Wildman–Crippen LogP) is -0.791. The molecular weight excluding hydrogens is 92.1 g/mol. The first-order valence-corrected chi connectivity index (χ1v) is 2.17. The quantitative estimate of drug-likeness (QED) is 0.479. The number of amides is 1. The van der Waals surface area contributed by atoms with Gasteiger partial charge in [-0.3, -0.25) is 4.79 Å². The Balaban J connectivity index is 3.13. The molecule has 0 aliphatic rings. The van der Waals surface area contributed by atoms with Crippen molar-refractivity contribution in [3.63, 3.8) is 0 Å². The summed E-state index contributed by atoms with van der Waals surface area (Å²) in [6, 6.07) is -0.0995. The Hall–Kier alpha value is -0.570. The van der Waals surface area contributed by atoms with Gasteiger partial charge in [0.1, 0.15) is 0 Å². The molecule has 4 N–H and O–H groups in total. The van der Waals surface area contributed by atoms with Crippen LogP contribution >= 0.6 is 0 Å². The number of hydrogen-bond acceptors (Lipinski definition) is 2. The predicted molar refractivity (Wildman–Crippen MR) is 27.5 cm³/mol. The highest BCUT2D eigenvalue weighted by Crippen LogP contribution is 1.80. The Morgan fingerprint density at radius 3 is 2.29 bits per heavy atom. The number of nitrogens with two attached hydrogens (primary N) is 2. The summed E-state index contributed by atoms with van der Waals surface area (Å²) in [5, 5.41) is 0. The summed E-state index contributed by atoms with van der Waals surface area (Å²) < 4.78 is 0. The average molecular weight is 102 g/mol. The van der Waals surface area contributed by atoms with Gasteiger partial charge >= 0.3 is 0 Å². The molecule has 0 heterocycles. The van der Waals surface area contributed by atoms with Crippen molar-refractivity contribution in [3.05, 3.63) is 0 Å². The van der Waals surface area contributed by atoms with E-state index in [-0.39, 0.29) is 18.4 Å². The van der Waals surface area contributed by atoms with E-state index in [0.29, 0.717) is 0 Å². The fourth-order valence-corrected chi connectivity index (χ4v) is 0.317. The van der Waals surface area contributed by atoms with Gasteiger partial charge in [-0.25, -0.2) is 0 Å². The van der Waals surface area contributed by atoms with E-state index in [4.69, 9.17) is 11.5 Å². The molecule has 0 aliphatic heterocycles. The molecule has 0 saturated carbocycles. The first-order chi connectivity index (χ1) is 3.13. The highest BCUT2D eigenvalue weighted by atomic mass is 16.1. The Morgan fingerprint density at radius 2 is 2.29 bits per heavy atom. The van der Waals surface area contributed by atoms with E-state index in [1.54, 1.807) is 6.92 Å². The Morgan fingerprint density at radius 1 is 1.86 bits per heavy atom. The van der Waals surface area contributed by atoms with Gasteiger partial charge in [-0.1, -0.05) is 0 Å². The third-order valence-corrected chi connectivity index (χ3v) is 0.523. The summed E-state index contributed by atoms with van der Waals surface area (Å²) in [5.74, 6) is -0.338. The standard InChI is InChI=1S/C4H10N2O/c1-3(5)2-4(6)7/h3H,2,5H2,1H3,(H2,6,7). The molecule has 0 aromatic heterocycles. The molecule has 1 unspecified atom stereocenters. The van der Waals surface area contributed by atoms with Crippen LogP contribution in [-0.4, -0.2) is 11.9 Å². The summed E-state index contributed by atoms with van der Waals surface area (Å²) in [5.41, 5.74) is 9.97. The lowest BCUT2D eigenvalue weighted by molar-refractivity contribution is -0.118. The topological polar surface area (TPSA) is 69.1 Å². The van der Waals surface area contributed by atoms with Gasteiger partial charge in [0.2, 0.25) is 5.91 Å². The molecule has 0 aromatic carbocycles. The van der Waals surface area contributed by atoms with Crippen LogP contribution in [0.25, 0.3) is 0 Å². The van der Waals surface area contributed by atoms with Crippen LogP contribution in [-0.2, 0) is 4.79 Å². The van der Waals surface area contributed by atoms with Crippen molar-refractivity contribution in [2.45, 2.75) is 19.4 Å². The normalized spacial score (nSPS) is 13.4. The summed E-state index contributed by atoms with van der Waals surface area (Å²) in [6.07, 6.45) is 0.278. The van der Waals surface area contributed by atoms with E-state index in [1.165, 1.54) is 0 Å². The molecule has 42 valence electrons. The summed E-state index contributed by atoms with van der Waals surface area (Å²) in [4.78, 5) is 9.95. The minimum absolute atomic E-state index is 0.0995. The molecule has 0 saturated heterocycles.